The van der Waals surface area contributed by atoms with Crippen LogP contribution in [0.3, 0.4) is 0 Å². The summed E-state index contributed by atoms with van der Waals surface area (Å²) in [4.78, 5) is 11.5. The summed E-state index contributed by atoms with van der Waals surface area (Å²) < 4.78 is 8.09. The molecular weight excluding hydrogens is 286 g/mol. The van der Waals surface area contributed by atoms with Crippen LogP contribution in [0, 0.1) is 5.92 Å². The van der Waals surface area contributed by atoms with E-state index in [1.807, 2.05) is 0 Å². The molecule has 3 nitrogen and oxygen atoms in total. The molecule has 3 heteroatoms. The van der Waals surface area contributed by atoms with Crippen molar-refractivity contribution in [1.82, 2.24) is 4.57 Å². The fourth-order valence-electron chi connectivity index (χ4n) is 4.17. The van der Waals surface area contributed by atoms with Crippen LogP contribution in [0.1, 0.15) is 68.0 Å². The molecule has 2 fully saturated rings. The van der Waals surface area contributed by atoms with Gasteiger partial charge < -0.3 is 9.30 Å². The van der Waals surface area contributed by atoms with Crippen LogP contribution in [-0.4, -0.2) is 23.1 Å². The summed E-state index contributed by atoms with van der Waals surface area (Å²) in [5.41, 5.74) is 3.36. The highest BCUT2D eigenvalue weighted by molar-refractivity contribution is 5.89. The number of hydrogen-bond acceptors (Lipinski definition) is 2. The number of aldehydes is 1. The van der Waals surface area contributed by atoms with E-state index in [0.29, 0.717) is 17.9 Å². The standard InChI is InChI=1S/C20H25NO2/c1-13-8-19(13)21-17(12-22)10-16-9-14(4-5-18(16)21)15-6-7-23-20(2,3)11-15/h4-5,9-10,12-13,15,19H,6-8,11H2,1-3H3/t13-,15-,19?/m0/s1. The molecule has 0 amide bonds. The van der Waals surface area contributed by atoms with Gasteiger partial charge in [-0.25, -0.2) is 0 Å². The first-order valence-corrected chi connectivity index (χ1v) is 8.72. The van der Waals surface area contributed by atoms with Gasteiger partial charge in [0.15, 0.2) is 6.29 Å². The van der Waals surface area contributed by atoms with Crippen LogP contribution in [0.2, 0.25) is 0 Å². The summed E-state index contributed by atoms with van der Waals surface area (Å²) in [6.45, 7) is 7.43. The maximum Gasteiger partial charge on any atom is 0.166 e. The average Bonchev–Trinajstić information content (AvgIpc) is 3.11. The van der Waals surface area contributed by atoms with Crippen molar-refractivity contribution in [2.45, 2.75) is 57.6 Å². The molecule has 1 aromatic carbocycles. The number of benzene rings is 1. The number of fused-ring (bicyclic) bond motifs is 1. The Morgan fingerprint density at radius 2 is 2.09 bits per heavy atom. The van der Waals surface area contributed by atoms with Gasteiger partial charge in [0.1, 0.15) is 0 Å². The normalized spacial score (nSPS) is 29.6. The average molecular weight is 311 g/mol. The van der Waals surface area contributed by atoms with Crippen molar-refractivity contribution in [2.75, 3.05) is 6.61 Å². The highest BCUT2D eigenvalue weighted by Gasteiger charge is 2.36. The smallest absolute Gasteiger partial charge is 0.166 e. The fourth-order valence-corrected chi connectivity index (χ4v) is 4.17. The lowest BCUT2D eigenvalue weighted by molar-refractivity contribution is -0.0592. The summed E-state index contributed by atoms with van der Waals surface area (Å²) >= 11 is 0. The Hall–Kier alpha value is -1.61. The van der Waals surface area contributed by atoms with Crippen LogP contribution in [0.4, 0.5) is 0 Å². The van der Waals surface area contributed by atoms with Crippen LogP contribution in [0.5, 0.6) is 0 Å². The molecule has 0 radical (unpaired) electrons. The van der Waals surface area contributed by atoms with E-state index in [0.717, 1.165) is 31.4 Å². The third kappa shape index (κ3) is 2.61. The van der Waals surface area contributed by atoms with Crippen molar-refractivity contribution in [3.05, 3.63) is 35.5 Å². The van der Waals surface area contributed by atoms with Gasteiger partial charge in [-0.2, -0.15) is 0 Å². The Balaban J connectivity index is 1.73. The molecule has 1 aliphatic carbocycles. The number of aromatic nitrogens is 1. The van der Waals surface area contributed by atoms with Gasteiger partial charge in [0.05, 0.1) is 11.3 Å². The Morgan fingerprint density at radius 3 is 2.74 bits per heavy atom. The Morgan fingerprint density at radius 1 is 1.30 bits per heavy atom. The molecule has 0 spiro atoms. The lowest BCUT2D eigenvalue weighted by Gasteiger charge is -2.35. The molecule has 2 heterocycles. The Kier molecular flexibility index (Phi) is 3.38. The lowest BCUT2D eigenvalue weighted by Crippen LogP contribution is -2.32. The molecule has 23 heavy (non-hydrogen) atoms. The maximum absolute atomic E-state index is 11.5. The zero-order valence-electron chi connectivity index (χ0n) is 14.2. The Labute approximate surface area is 137 Å². The highest BCUT2D eigenvalue weighted by Crippen LogP contribution is 2.46. The molecule has 1 saturated heterocycles. The van der Waals surface area contributed by atoms with Crippen molar-refractivity contribution in [2.24, 2.45) is 5.92 Å². The number of carbonyl (C=O) groups is 1. The predicted octanol–water partition coefficient (Wildman–Crippen LogP) is 4.71. The molecule has 2 aromatic rings. The van der Waals surface area contributed by atoms with Crippen molar-refractivity contribution >= 4 is 17.2 Å². The Bertz CT molecular complexity index is 758. The van der Waals surface area contributed by atoms with Gasteiger partial charge in [-0.15, -0.1) is 0 Å². The second-order valence-corrected chi connectivity index (χ2v) is 7.95. The quantitative estimate of drug-likeness (QED) is 0.769. The van der Waals surface area contributed by atoms with Crippen LogP contribution in [0.25, 0.3) is 10.9 Å². The monoisotopic (exact) mass is 311 g/mol. The second-order valence-electron chi connectivity index (χ2n) is 7.95. The van der Waals surface area contributed by atoms with Crippen LogP contribution < -0.4 is 0 Å². The van der Waals surface area contributed by atoms with Gasteiger partial charge >= 0.3 is 0 Å². The van der Waals surface area contributed by atoms with Gasteiger partial charge in [0.25, 0.3) is 0 Å². The van der Waals surface area contributed by atoms with Crippen LogP contribution in [-0.2, 0) is 4.74 Å². The summed E-state index contributed by atoms with van der Waals surface area (Å²) in [6, 6.07) is 9.32. The third-order valence-electron chi connectivity index (χ3n) is 5.58. The third-order valence-corrected chi connectivity index (χ3v) is 5.58. The fraction of sp³-hybridized carbons (Fsp3) is 0.550. The topological polar surface area (TPSA) is 31.2 Å². The predicted molar refractivity (Wildman–Crippen MR) is 92.1 cm³/mol. The minimum atomic E-state index is -0.0405. The van der Waals surface area contributed by atoms with E-state index in [1.165, 1.54) is 22.9 Å². The first-order valence-electron chi connectivity index (χ1n) is 8.72. The molecule has 1 unspecified atom stereocenters. The van der Waals surface area contributed by atoms with Crippen molar-refractivity contribution in [3.8, 4) is 0 Å². The summed E-state index contributed by atoms with van der Waals surface area (Å²) in [6.07, 6.45) is 4.32. The summed E-state index contributed by atoms with van der Waals surface area (Å²) in [5.74, 6) is 1.23. The van der Waals surface area contributed by atoms with Gasteiger partial charge in [-0.3, -0.25) is 4.79 Å². The molecular formula is C20H25NO2. The number of rotatable bonds is 3. The van der Waals surface area contributed by atoms with E-state index < -0.39 is 0 Å². The molecule has 122 valence electrons. The van der Waals surface area contributed by atoms with Crippen molar-refractivity contribution in [1.29, 1.82) is 0 Å². The molecule has 1 aromatic heterocycles. The minimum Gasteiger partial charge on any atom is -0.376 e. The summed E-state index contributed by atoms with van der Waals surface area (Å²) in [5, 5.41) is 1.20. The van der Waals surface area contributed by atoms with E-state index in [9.17, 15) is 4.79 Å². The number of hydrogen-bond donors (Lipinski definition) is 0. The van der Waals surface area contributed by atoms with E-state index in [1.54, 1.807) is 0 Å². The SMILES string of the molecule is C[C@H]1CC1n1c(C=O)cc2cc([C@H]3CCOC(C)(C)C3)ccc21. The molecule has 0 N–H and O–H groups in total. The van der Waals surface area contributed by atoms with E-state index in [2.05, 4.69) is 49.6 Å². The number of carbonyl (C=O) groups excluding carboxylic acids is 1. The largest absolute Gasteiger partial charge is 0.376 e. The van der Waals surface area contributed by atoms with Gasteiger partial charge in [-0.1, -0.05) is 13.0 Å². The zero-order chi connectivity index (χ0) is 16.2. The second kappa shape index (κ2) is 5.20. The van der Waals surface area contributed by atoms with E-state index >= 15 is 0 Å². The molecule has 2 aliphatic rings. The molecule has 4 rings (SSSR count). The first kappa shape index (κ1) is 14.9. The number of nitrogens with zero attached hydrogens (tertiary/aromatic N) is 1. The molecule has 1 aliphatic heterocycles. The summed E-state index contributed by atoms with van der Waals surface area (Å²) in [7, 11) is 0. The van der Waals surface area contributed by atoms with Gasteiger partial charge in [0.2, 0.25) is 0 Å². The van der Waals surface area contributed by atoms with Gasteiger partial charge in [0, 0.05) is 23.6 Å². The van der Waals surface area contributed by atoms with E-state index in [4.69, 9.17) is 4.74 Å². The van der Waals surface area contributed by atoms with E-state index in [-0.39, 0.29) is 5.60 Å². The lowest BCUT2D eigenvalue weighted by atomic mass is 9.83. The number of ether oxygens (including phenoxy) is 1. The van der Waals surface area contributed by atoms with Crippen molar-refractivity contribution < 1.29 is 9.53 Å². The zero-order valence-corrected chi connectivity index (χ0v) is 14.2. The van der Waals surface area contributed by atoms with Gasteiger partial charge in [-0.05, 0) is 68.7 Å². The maximum atomic E-state index is 11.5. The van der Waals surface area contributed by atoms with Crippen LogP contribution in [0.15, 0.2) is 24.3 Å². The first-order chi connectivity index (χ1) is 11.0. The van der Waals surface area contributed by atoms with Crippen molar-refractivity contribution in [3.63, 3.8) is 0 Å². The molecule has 1 saturated carbocycles. The molecule has 3 atom stereocenters. The van der Waals surface area contributed by atoms with Crippen LogP contribution >= 0.6 is 0 Å². The highest BCUT2D eigenvalue weighted by atomic mass is 16.5. The molecule has 0 bridgehead atoms. The minimum absolute atomic E-state index is 0.0405.